The van der Waals surface area contributed by atoms with Crippen molar-refractivity contribution in [2.75, 3.05) is 6.54 Å². The minimum absolute atomic E-state index is 0.183. The number of hydrogen-bond acceptors (Lipinski definition) is 2. The average Bonchev–Trinajstić information content (AvgIpc) is 2.59. The van der Waals surface area contributed by atoms with Crippen molar-refractivity contribution >= 4 is 27.9 Å². The molecule has 2 rings (SSSR count). The maximum atomic E-state index is 12.5. The molecule has 1 aromatic carbocycles. The van der Waals surface area contributed by atoms with Gasteiger partial charge in [-0.1, -0.05) is 47.5 Å². The van der Waals surface area contributed by atoms with Crippen molar-refractivity contribution in [3.8, 4) is 0 Å². The number of halogens is 1. The summed E-state index contributed by atoms with van der Waals surface area (Å²) in [7, 11) is 0. The third-order valence-corrected chi connectivity index (χ3v) is 4.11. The Balaban J connectivity index is 2.33. The molecule has 1 saturated heterocycles. The highest BCUT2D eigenvalue weighted by Gasteiger charge is 2.49. The van der Waals surface area contributed by atoms with Crippen LogP contribution in [0.25, 0.3) is 0 Å². The smallest absolute Gasteiger partial charge is 0.319 e. The van der Waals surface area contributed by atoms with Crippen molar-refractivity contribution in [3.63, 3.8) is 0 Å². The number of rotatable bonds is 4. The maximum absolute atomic E-state index is 12.5. The molecule has 3 amide bonds. The summed E-state index contributed by atoms with van der Waals surface area (Å²) < 4.78 is 0.823. The van der Waals surface area contributed by atoms with Crippen LogP contribution in [-0.2, 0) is 10.3 Å². The van der Waals surface area contributed by atoms with Crippen molar-refractivity contribution in [2.45, 2.75) is 32.2 Å². The first kappa shape index (κ1) is 14.1. The lowest BCUT2D eigenvalue weighted by molar-refractivity contribution is -0.131. The zero-order valence-corrected chi connectivity index (χ0v) is 12.7. The molecule has 102 valence electrons. The van der Waals surface area contributed by atoms with Gasteiger partial charge >= 0.3 is 6.03 Å². The normalized spacial score (nSPS) is 22.8. The number of benzene rings is 1. The third-order valence-electron chi connectivity index (χ3n) is 3.42. The van der Waals surface area contributed by atoms with Crippen LogP contribution in [0, 0.1) is 0 Å². The predicted octanol–water partition coefficient (Wildman–Crippen LogP) is 3.02. The molecule has 0 aliphatic carbocycles. The highest BCUT2D eigenvalue weighted by Crippen LogP contribution is 2.33. The van der Waals surface area contributed by atoms with E-state index in [1.165, 1.54) is 4.90 Å². The lowest BCUT2D eigenvalue weighted by Gasteiger charge is -2.23. The van der Waals surface area contributed by atoms with Crippen molar-refractivity contribution in [3.05, 3.63) is 34.3 Å². The molecule has 5 heteroatoms. The summed E-state index contributed by atoms with van der Waals surface area (Å²) in [6, 6.07) is 7.16. The van der Waals surface area contributed by atoms with Crippen LogP contribution in [0.4, 0.5) is 4.79 Å². The van der Waals surface area contributed by atoms with Gasteiger partial charge in [-0.2, -0.15) is 0 Å². The molecular formula is C14H17BrN2O2. The molecule has 0 spiro atoms. The fourth-order valence-electron chi connectivity index (χ4n) is 2.27. The monoisotopic (exact) mass is 324 g/mol. The van der Waals surface area contributed by atoms with Crippen molar-refractivity contribution in [2.24, 2.45) is 0 Å². The van der Waals surface area contributed by atoms with Gasteiger partial charge in [0.15, 0.2) is 0 Å². The van der Waals surface area contributed by atoms with Gasteiger partial charge in [-0.15, -0.1) is 0 Å². The van der Waals surface area contributed by atoms with E-state index in [1.807, 2.05) is 31.2 Å². The van der Waals surface area contributed by atoms with Gasteiger partial charge in [0.25, 0.3) is 5.91 Å². The van der Waals surface area contributed by atoms with Crippen molar-refractivity contribution in [1.82, 2.24) is 10.2 Å². The van der Waals surface area contributed by atoms with E-state index >= 15 is 0 Å². The topological polar surface area (TPSA) is 49.4 Å². The Bertz CT molecular complexity index is 518. The predicted molar refractivity (Wildman–Crippen MR) is 76.6 cm³/mol. The maximum Gasteiger partial charge on any atom is 0.325 e. The van der Waals surface area contributed by atoms with Gasteiger partial charge in [-0.25, -0.2) is 4.79 Å². The van der Waals surface area contributed by atoms with Gasteiger partial charge < -0.3 is 5.32 Å². The Kier molecular flexibility index (Phi) is 3.94. The Morgan fingerprint density at radius 2 is 2.00 bits per heavy atom. The third kappa shape index (κ3) is 2.39. The summed E-state index contributed by atoms with van der Waals surface area (Å²) >= 11 is 3.44. The van der Waals surface area contributed by atoms with E-state index in [2.05, 4.69) is 21.2 Å². The van der Waals surface area contributed by atoms with Gasteiger partial charge in [0.05, 0.1) is 0 Å². The summed E-state index contributed by atoms with van der Waals surface area (Å²) in [5, 5.41) is 2.80. The number of hydrogen-bond donors (Lipinski definition) is 1. The van der Waals surface area contributed by atoms with E-state index in [0.29, 0.717) is 6.54 Å². The van der Waals surface area contributed by atoms with Crippen LogP contribution < -0.4 is 5.32 Å². The lowest BCUT2D eigenvalue weighted by atomic mass is 9.92. The second kappa shape index (κ2) is 5.33. The Hall–Kier alpha value is -1.36. The van der Waals surface area contributed by atoms with E-state index in [-0.39, 0.29) is 11.9 Å². The lowest BCUT2D eigenvalue weighted by Crippen LogP contribution is -2.41. The van der Waals surface area contributed by atoms with E-state index < -0.39 is 5.54 Å². The van der Waals surface area contributed by atoms with Crippen molar-refractivity contribution < 1.29 is 9.59 Å². The molecule has 4 nitrogen and oxygen atoms in total. The van der Waals surface area contributed by atoms with Crippen LogP contribution in [0.1, 0.15) is 32.3 Å². The second-order valence-electron chi connectivity index (χ2n) is 4.85. The molecule has 1 atom stereocenters. The van der Waals surface area contributed by atoms with Gasteiger partial charge in [0.2, 0.25) is 0 Å². The molecule has 1 aromatic rings. The summed E-state index contributed by atoms with van der Waals surface area (Å²) in [5.41, 5.74) is -0.197. The molecule has 19 heavy (non-hydrogen) atoms. The largest absolute Gasteiger partial charge is 0.325 e. The minimum atomic E-state index is -0.981. The molecule has 1 fully saturated rings. The number of urea groups is 1. The molecule has 0 radical (unpaired) electrons. The van der Waals surface area contributed by atoms with Crippen molar-refractivity contribution in [1.29, 1.82) is 0 Å². The fourth-order valence-corrected chi connectivity index (χ4v) is 2.95. The summed E-state index contributed by atoms with van der Waals surface area (Å²) in [5.74, 6) is -0.183. The number of nitrogens with one attached hydrogen (secondary N) is 1. The highest BCUT2D eigenvalue weighted by atomic mass is 79.9. The van der Waals surface area contributed by atoms with Crippen LogP contribution >= 0.6 is 15.9 Å². The SMILES string of the molecule is CCCCN1C(=O)NC(C)(c2ccccc2Br)C1=O. The quantitative estimate of drug-likeness (QED) is 0.865. The van der Waals surface area contributed by atoms with E-state index in [4.69, 9.17) is 0 Å². The average molecular weight is 325 g/mol. The number of amides is 3. The summed E-state index contributed by atoms with van der Waals surface area (Å²) in [6.45, 7) is 4.26. The number of carbonyl (C=O) groups excluding carboxylic acids is 2. The molecule has 0 aromatic heterocycles. The molecule has 1 heterocycles. The van der Waals surface area contributed by atoms with E-state index in [0.717, 1.165) is 22.9 Å². The minimum Gasteiger partial charge on any atom is -0.319 e. The highest BCUT2D eigenvalue weighted by molar-refractivity contribution is 9.10. The van der Waals surface area contributed by atoms with E-state index in [9.17, 15) is 9.59 Å². The Labute approximate surface area is 121 Å². The molecule has 1 unspecified atom stereocenters. The van der Waals surface area contributed by atoms with Crippen LogP contribution in [-0.4, -0.2) is 23.4 Å². The van der Waals surface area contributed by atoms with Crippen LogP contribution in [0.3, 0.4) is 0 Å². The first-order chi connectivity index (χ1) is 9.00. The van der Waals surface area contributed by atoms with Crippen LogP contribution in [0.5, 0.6) is 0 Å². The van der Waals surface area contributed by atoms with E-state index in [1.54, 1.807) is 6.92 Å². The molecule has 1 aliphatic rings. The van der Waals surface area contributed by atoms with Gasteiger partial charge in [0.1, 0.15) is 5.54 Å². The zero-order chi connectivity index (χ0) is 14.0. The molecule has 1 aliphatic heterocycles. The number of unbranched alkanes of at least 4 members (excludes halogenated alkanes) is 1. The summed E-state index contributed by atoms with van der Waals surface area (Å²) in [6.07, 6.45) is 1.77. The van der Waals surface area contributed by atoms with Crippen LogP contribution in [0.2, 0.25) is 0 Å². The van der Waals surface area contributed by atoms with Gasteiger partial charge in [0, 0.05) is 16.6 Å². The molecular weight excluding hydrogens is 308 g/mol. The first-order valence-corrected chi connectivity index (χ1v) is 7.19. The molecule has 0 saturated carbocycles. The Morgan fingerprint density at radius 1 is 1.32 bits per heavy atom. The fraction of sp³-hybridized carbons (Fsp3) is 0.429. The number of nitrogens with zero attached hydrogens (tertiary/aromatic N) is 1. The van der Waals surface area contributed by atoms with Gasteiger partial charge in [-0.05, 0) is 19.4 Å². The second-order valence-corrected chi connectivity index (χ2v) is 5.70. The van der Waals surface area contributed by atoms with Crippen LogP contribution in [0.15, 0.2) is 28.7 Å². The van der Waals surface area contributed by atoms with Gasteiger partial charge in [-0.3, -0.25) is 9.69 Å². The molecule has 1 N–H and O–H groups in total. The zero-order valence-electron chi connectivity index (χ0n) is 11.1. The first-order valence-electron chi connectivity index (χ1n) is 6.40. The number of carbonyl (C=O) groups is 2. The standard InChI is InChI=1S/C14H17BrN2O2/c1-3-4-9-17-12(18)14(2,16-13(17)19)10-7-5-6-8-11(10)15/h5-8H,3-4,9H2,1-2H3,(H,16,19). The number of imide groups is 1. The molecule has 0 bridgehead atoms. The Morgan fingerprint density at radius 3 is 2.63 bits per heavy atom. The summed E-state index contributed by atoms with van der Waals surface area (Å²) in [4.78, 5) is 25.8.